The second-order valence-electron chi connectivity index (χ2n) is 5.41. The molecule has 1 amide bonds. The maximum atomic E-state index is 12.1. The fourth-order valence-corrected chi connectivity index (χ4v) is 1.90. The summed E-state index contributed by atoms with van der Waals surface area (Å²) in [4.78, 5) is 25.3. The number of amides is 1. The number of rotatable bonds is 3. The molecule has 1 aliphatic heterocycles. The zero-order valence-corrected chi connectivity index (χ0v) is 12.5. The minimum absolute atomic E-state index is 0.0818. The van der Waals surface area contributed by atoms with Gasteiger partial charge in [-0.25, -0.2) is 9.59 Å². The number of carbonyl (C=O) groups is 2. The molecule has 1 saturated heterocycles. The number of esters is 1. The number of hydrogen-bond donors (Lipinski definition) is 0. The van der Waals surface area contributed by atoms with Crippen molar-refractivity contribution in [1.29, 1.82) is 0 Å². The lowest BCUT2D eigenvalue weighted by atomic mass is 9.97. The maximum absolute atomic E-state index is 12.1. The van der Waals surface area contributed by atoms with Crippen LogP contribution in [-0.2, 0) is 19.0 Å². The first-order valence-electron chi connectivity index (χ1n) is 6.01. The number of ether oxygens (including phenoxy) is 3. The van der Waals surface area contributed by atoms with E-state index in [1.54, 1.807) is 20.8 Å². The Balaban J connectivity index is 2.87. The molecule has 110 valence electrons. The lowest BCUT2D eigenvalue weighted by Crippen LogP contribution is -2.57. The summed E-state index contributed by atoms with van der Waals surface area (Å²) in [6.45, 7) is 5.73. The van der Waals surface area contributed by atoms with E-state index in [-0.39, 0.29) is 12.7 Å². The van der Waals surface area contributed by atoms with Crippen LogP contribution in [0.1, 0.15) is 27.2 Å². The van der Waals surface area contributed by atoms with Crippen LogP contribution in [0.4, 0.5) is 4.79 Å². The van der Waals surface area contributed by atoms with Gasteiger partial charge in [-0.3, -0.25) is 4.90 Å². The van der Waals surface area contributed by atoms with Crippen LogP contribution in [0.15, 0.2) is 0 Å². The predicted octanol–water partition coefficient (Wildman–Crippen LogP) is 1.75. The van der Waals surface area contributed by atoms with E-state index in [4.69, 9.17) is 25.8 Å². The Morgan fingerprint density at radius 1 is 1.42 bits per heavy atom. The molecule has 0 aromatic heterocycles. The van der Waals surface area contributed by atoms with Crippen molar-refractivity contribution < 1.29 is 23.8 Å². The van der Waals surface area contributed by atoms with Gasteiger partial charge in [-0.2, -0.15) is 0 Å². The van der Waals surface area contributed by atoms with Crippen LogP contribution in [0.3, 0.4) is 0 Å². The highest BCUT2D eigenvalue weighted by atomic mass is 35.5. The predicted molar refractivity (Wildman–Crippen MR) is 69.0 cm³/mol. The Bertz CT molecular complexity index is 347. The van der Waals surface area contributed by atoms with Gasteiger partial charge in [-0.1, -0.05) is 11.6 Å². The summed E-state index contributed by atoms with van der Waals surface area (Å²) in [6.07, 6.45) is -0.233. The summed E-state index contributed by atoms with van der Waals surface area (Å²) in [5, 5.41) is 0. The lowest BCUT2D eigenvalue weighted by molar-refractivity contribution is -0.155. The zero-order chi connectivity index (χ0) is 14.7. The first-order chi connectivity index (χ1) is 8.73. The average Bonchev–Trinajstić information content (AvgIpc) is 2.76. The monoisotopic (exact) mass is 293 g/mol. The highest BCUT2D eigenvalue weighted by molar-refractivity contribution is 6.17. The van der Waals surface area contributed by atoms with E-state index in [0.29, 0.717) is 13.0 Å². The van der Waals surface area contributed by atoms with Gasteiger partial charge in [0.25, 0.3) is 0 Å². The molecule has 0 aromatic rings. The second-order valence-corrected chi connectivity index (χ2v) is 5.63. The third-order valence-corrected chi connectivity index (χ3v) is 2.98. The molecule has 1 rings (SSSR count). The van der Waals surface area contributed by atoms with Gasteiger partial charge in [0.2, 0.25) is 0 Å². The first-order valence-corrected chi connectivity index (χ1v) is 6.54. The average molecular weight is 294 g/mol. The van der Waals surface area contributed by atoms with E-state index < -0.39 is 23.2 Å². The molecule has 1 atom stereocenters. The molecule has 0 spiro atoms. The standard InChI is InChI=1S/C12H20ClNO5/c1-11(2,3)19-10(16)14(4)12(5-6-17-7-12)9(15)18-8-13/h5-8H2,1-4H3. The minimum atomic E-state index is -1.16. The van der Waals surface area contributed by atoms with Crippen LogP contribution in [-0.4, -0.2) is 54.4 Å². The normalized spacial score (nSPS) is 23.0. The van der Waals surface area contributed by atoms with Crippen LogP contribution >= 0.6 is 11.6 Å². The Hall–Kier alpha value is -1.01. The molecule has 19 heavy (non-hydrogen) atoms. The molecule has 0 aromatic carbocycles. The van der Waals surface area contributed by atoms with Crippen molar-refractivity contribution >= 4 is 23.7 Å². The van der Waals surface area contributed by atoms with Crippen molar-refractivity contribution in [1.82, 2.24) is 4.90 Å². The number of alkyl halides is 1. The molecular weight excluding hydrogens is 274 g/mol. The van der Waals surface area contributed by atoms with Gasteiger partial charge in [0.1, 0.15) is 5.60 Å². The summed E-state index contributed by atoms with van der Waals surface area (Å²) in [6, 6.07) is -0.261. The molecule has 1 fully saturated rings. The van der Waals surface area contributed by atoms with E-state index in [2.05, 4.69) is 0 Å². The fraction of sp³-hybridized carbons (Fsp3) is 0.833. The highest BCUT2D eigenvalue weighted by Crippen LogP contribution is 2.28. The van der Waals surface area contributed by atoms with Crippen LogP contribution in [0, 0.1) is 0 Å². The van der Waals surface area contributed by atoms with E-state index in [9.17, 15) is 9.59 Å². The summed E-state index contributed by atoms with van der Waals surface area (Å²) in [7, 11) is 1.50. The zero-order valence-electron chi connectivity index (χ0n) is 11.7. The fourth-order valence-electron chi connectivity index (χ4n) is 1.81. The minimum Gasteiger partial charge on any atom is -0.448 e. The van der Waals surface area contributed by atoms with Crippen molar-refractivity contribution in [2.24, 2.45) is 0 Å². The van der Waals surface area contributed by atoms with Gasteiger partial charge in [-0.05, 0) is 20.8 Å². The van der Waals surface area contributed by atoms with Gasteiger partial charge in [-0.15, -0.1) is 0 Å². The van der Waals surface area contributed by atoms with Crippen molar-refractivity contribution in [2.45, 2.75) is 38.3 Å². The molecule has 1 unspecified atom stereocenters. The summed E-state index contributed by atoms with van der Waals surface area (Å²) >= 11 is 5.41. The highest BCUT2D eigenvalue weighted by Gasteiger charge is 2.50. The second kappa shape index (κ2) is 5.96. The molecule has 1 heterocycles. The van der Waals surface area contributed by atoms with Crippen LogP contribution in [0.2, 0.25) is 0 Å². The van der Waals surface area contributed by atoms with Crippen LogP contribution in [0.25, 0.3) is 0 Å². The summed E-state index contributed by atoms with van der Waals surface area (Å²) < 4.78 is 15.3. The Labute approximate surface area is 117 Å². The number of likely N-dealkylation sites (N-methyl/N-ethyl adjacent to an activating group) is 1. The van der Waals surface area contributed by atoms with Gasteiger partial charge in [0.05, 0.1) is 6.61 Å². The van der Waals surface area contributed by atoms with E-state index in [1.165, 1.54) is 11.9 Å². The van der Waals surface area contributed by atoms with Gasteiger partial charge >= 0.3 is 12.1 Å². The lowest BCUT2D eigenvalue weighted by Gasteiger charge is -2.35. The molecule has 6 nitrogen and oxygen atoms in total. The Kier molecular flexibility index (Phi) is 5.04. The summed E-state index contributed by atoms with van der Waals surface area (Å²) in [5.41, 5.74) is -1.79. The molecular formula is C12H20ClNO5. The summed E-state index contributed by atoms with van der Waals surface area (Å²) in [5.74, 6) is -0.576. The number of halogens is 1. The SMILES string of the molecule is CN(C(=O)OC(C)(C)C)C1(C(=O)OCCl)CCOC1. The number of hydrogen-bond acceptors (Lipinski definition) is 5. The molecule has 0 radical (unpaired) electrons. The Morgan fingerprint density at radius 2 is 2.05 bits per heavy atom. The molecule has 0 aliphatic carbocycles. The van der Waals surface area contributed by atoms with Crippen molar-refractivity contribution in [3.63, 3.8) is 0 Å². The van der Waals surface area contributed by atoms with Gasteiger partial charge < -0.3 is 14.2 Å². The maximum Gasteiger partial charge on any atom is 0.411 e. The first kappa shape index (κ1) is 16.0. The van der Waals surface area contributed by atoms with E-state index in [1.807, 2.05) is 0 Å². The largest absolute Gasteiger partial charge is 0.448 e. The van der Waals surface area contributed by atoms with Crippen molar-refractivity contribution in [2.75, 3.05) is 26.3 Å². The number of carbonyl (C=O) groups excluding carboxylic acids is 2. The smallest absolute Gasteiger partial charge is 0.411 e. The molecule has 1 aliphatic rings. The van der Waals surface area contributed by atoms with Crippen LogP contribution in [0.5, 0.6) is 0 Å². The molecule has 7 heteroatoms. The van der Waals surface area contributed by atoms with Crippen molar-refractivity contribution in [3.05, 3.63) is 0 Å². The Morgan fingerprint density at radius 3 is 2.47 bits per heavy atom. The topological polar surface area (TPSA) is 65.1 Å². The van der Waals surface area contributed by atoms with Crippen LogP contribution < -0.4 is 0 Å². The van der Waals surface area contributed by atoms with Gasteiger partial charge in [0, 0.05) is 20.1 Å². The van der Waals surface area contributed by atoms with Crippen molar-refractivity contribution in [3.8, 4) is 0 Å². The number of nitrogens with zero attached hydrogens (tertiary/aromatic N) is 1. The quantitative estimate of drug-likeness (QED) is 0.586. The molecule has 0 saturated carbocycles. The molecule has 0 N–H and O–H groups in total. The van der Waals surface area contributed by atoms with E-state index in [0.717, 1.165) is 0 Å². The van der Waals surface area contributed by atoms with E-state index >= 15 is 0 Å². The third-order valence-electron chi connectivity index (χ3n) is 2.88. The van der Waals surface area contributed by atoms with Gasteiger partial charge in [0.15, 0.2) is 11.6 Å². The molecule has 0 bridgehead atoms. The third kappa shape index (κ3) is 3.73.